The first kappa shape index (κ1) is 26.2. The Labute approximate surface area is 213 Å². The maximum Gasteiger partial charge on any atom is 0.311 e. The third-order valence-corrected chi connectivity index (χ3v) is 5.93. The minimum atomic E-state index is -0.608. The van der Waals surface area contributed by atoms with Gasteiger partial charge >= 0.3 is 5.69 Å². The highest BCUT2D eigenvalue weighted by Crippen LogP contribution is 2.30. The van der Waals surface area contributed by atoms with Crippen LogP contribution in [0.4, 0.5) is 17.1 Å². The van der Waals surface area contributed by atoms with Crippen molar-refractivity contribution in [1.82, 2.24) is 10.2 Å². The average Bonchev–Trinajstić information content (AvgIpc) is 2.84. The number of ether oxygens (including phenoxy) is 1. The van der Waals surface area contributed by atoms with Gasteiger partial charge in [0.2, 0.25) is 5.91 Å². The number of nitrogens with zero attached hydrogens (tertiary/aromatic N) is 3. The van der Waals surface area contributed by atoms with Crippen molar-refractivity contribution in [2.45, 2.75) is 20.3 Å². The van der Waals surface area contributed by atoms with Crippen LogP contribution < -0.4 is 20.3 Å². The normalized spacial score (nSPS) is 13.2. The summed E-state index contributed by atoms with van der Waals surface area (Å²) >= 11 is 11.7. The highest BCUT2D eigenvalue weighted by atomic mass is 35.5. The molecule has 3 rings (SSSR count). The van der Waals surface area contributed by atoms with Gasteiger partial charge in [0.05, 0.1) is 22.2 Å². The summed E-state index contributed by atoms with van der Waals surface area (Å²) in [5, 5.41) is 17.2. The number of halogens is 1. The van der Waals surface area contributed by atoms with E-state index in [2.05, 4.69) is 15.5 Å². The predicted octanol–water partition coefficient (Wildman–Crippen LogP) is 3.83. The van der Waals surface area contributed by atoms with Crippen molar-refractivity contribution in [2.75, 3.05) is 43.0 Å². The number of amides is 2. The Bertz CT molecular complexity index is 1140. The molecule has 2 N–H and O–H groups in total. The lowest BCUT2D eigenvalue weighted by atomic mass is 10.1. The van der Waals surface area contributed by atoms with E-state index < -0.39 is 10.8 Å². The first-order valence-electron chi connectivity index (χ1n) is 11.1. The molecule has 0 bridgehead atoms. The number of nitrogens with one attached hydrogen (secondary N) is 2. The molecule has 0 unspecified atom stereocenters. The van der Waals surface area contributed by atoms with Gasteiger partial charge in [0, 0.05) is 49.9 Å². The molecular weight excluding hydrogens is 494 g/mol. The van der Waals surface area contributed by atoms with Crippen molar-refractivity contribution >= 4 is 57.8 Å². The van der Waals surface area contributed by atoms with Crippen LogP contribution in [-0.4, -0.2) is 59.5 Å². The van der Waals surface area contributed by atoms with E-state index >= 15 is 0 Å². The number of nitro benzene ring substituents is 1. The van der Waals surface area contributed by atoms with Gasteiger partial charge in [-0.1, -0.05) is 18.5 Å². The first-order valence-corrected chi connectivity index (χ1v) is 11.9. The number of benzene rings is 2. The zero-order valence-electron chi connectivity index (χ0n) is 19.4. The number of anilines is 2. The molecule has 0 radical (unpaired) electrons. The Hall–Kier alpha value is -3.44. The van der Waals surface area contributed by atoms with Gasteiger partial charge in [-0.25, -0.2) is 0 Å². The van der Waals surface area contributed by atoms with Gasteiger partial charge in [-0.3, -0.25) is 25.0 Å². The molecule has 0 saturated carbocycles. The smallest absolute Gasteiger partial charge is 0.311 e. The quantitative estimate of drug-likeness (QED) is 0.322. The second-order valence-electron chi connectivity index (χ2n) is 7.67. The molecule has 2 aromatic rings. The molecule has 2 aromatic carbocycles. The summed E-state index contributed by atoms with van der Waals surface area (Å²) < 4.78 is 5.23. The van der Waals surface area contributed by atoms with Gasteiger partial charge in [-0.05, 0) is 49.5 Å². The third-order valence-electron chi connectivity index (χ3n) is 5.43. The van der Waals surface area contributed by atoms with Crippen LogP contribution in [0.25, 0.3) is 0 Å². The Kier molecular flexibility index (Phi) is 8.83. The fourth-order valence-corrected chi connectivity index (χ4v) is 4.19. The number of rotatable bonds is 7. The highest BCUT2D eigenvalue weighted by molar-refractivity contribution is 7.80. The maximum absolute atomic E-state index is 12.6. The monoisotopic (exact) mass is 519 g/mol. The zero-order valence-corrected chi connectivity index (χ0v) is 20.9. The average molecular weight is 520 g/mol. The van der Waals surface area contributed by atoms with Gasteiger partial charge in [0.25, 0.3) is 5.91 Å². The summed E-state index contributed by atoms with van der Waals surface area (Å²) in [6, 6.07) is 9.27. The van der Waals surface area contributed by atoms with Crippen LogP contribution in [0, 0.1) is 10.1 Å². The first-order chi connectivity index (χ1) is 16.7. The van der Waals surface area contributed by atoms with E-state index in [0.717, 1.165) is 11.8 Å². The van der Waals surface area contributed by atoms with Crippen LogP contribution in [0.5, 0.6) is 5.75 Å². The van der Waals surface area contributed by atoms with Crippen molar-refractivity contribution in [1.29, 1.82) is 0 Å². The zero-order chi connectivity index (χ0) is 25.5. The molecule has 2 amide bonds. The number of nitro groups is 1. The molecule has 0 aromatic heterocycles. The van der Waals surface area contributed by atoms with E-state index in [1.165, 1.54) is 12.1 Å². The molecule has 0 atom stereocenters. The second kappa shape index (κ2) is 11.8. The van der Waals surface area contributed by atoms with E-state index in [9.17, 15) is 19.7 Å². The van der Waals surface area contributed by atoms with Gasteiger partial charge < -0.3 is 19.9 Å². The van der Waals surface area contributed by atoms with Crippen LogP contribution in [0.3, 0.4) is 0 Å². The number of carbonyl (C=O) groups excluding carboxylic acids is 2. The maximum atomic E-state index is 12.6. The van der Waals surface area contributed by atoms with Gasteiger partial charge in [-0.2, -0.15) is 0 Å². The Morgan fingerprint density at radius 1 is 1.14 bits per heavy atom. The Morgan fingerprint density at radius 2 is 1.86 bits per heavy atom. The van der Waals surface area contributed by atoms with E-state index in [0.29, 0.717) is 43.3 Å². The lowest BCUT2D eigenvalue weighted by Crippen LogP contribution is -2.48. The molecule has 186 valence electrons. The lowest BCUT2D eigenvalue weighted by Gasteiger charge is -2.36. The molecule has 1 aliphatic rings. The van der Waals surface area contributed by atoms with Gasteiger partial charge in [-0.15, -0.1) is 0 Å². The third kappa shape index (κ3) is 6.58. The summed E-state index contributed by atoms with van der Waals surface area (Å²) in [7, 11) is 0. The van der Waals surface area contributed by atoms with Crippen LogP contribution in [-0.2, 0) is 4.79 Å². The predicted molar refractivity (Wildman–Crippen MR) is 138 cm³/mol. The Morgan fingerprint density at radius 3 is 2.46 bits per heavy atom. The molecular formula is C23H26ClN5O5S. The van der Waals surface area contributed by atoms with E-state index in [1.807, 2.05) is 17.9 Å². The lowest BCUT2D eigenvalue weighted by molar-refractivity contribution is -0.385. The topological polar surface area (TPSA) is 117 Å². The number of thiocarbonyl (C=S) groups is 1. The number of carbonyl (C=O) groups is 2. The molecule has 0 aliphatic carbocycles. The fourth-order valence-electron chi connectivity index (χ4n) is 3.68. The van der Waals surface area contributed by atoms with E-state index in [-0.39, 0.29) is 34.6 Å². The molecule has 0 spiro atoms. The van der Waals surface area contributed by atoms with Gasteiger partial charge in [0.1, 0.15) is 0 Å². The summed E-state index contributed by atoms with van der Waals surface area (Å²) in [5.74, 6) is -0.371. The van der Waals surface area contributed by atoms with E-state index in [1.54, 1.807) is 19.1 Å². The number of piperazine rings is 1. The molecule has 35 heavy (non-hydrogen) atoms. The Balaban J connectivity index is 1.61. The fraction of sp³-hybridized carbons (Fsp3) is 0.348. The van der Waals surface area contributed by atoms with Crippen LogP contribution in [0.1, 0.15) is 30.6 Å². The van der Waals surface area contributed by atoms with Crippen molar-refractivity contribution in [3.8, 4) is 5.75 Å². The minimum absolute atomic E-state index is 0.0158. The summed E-state index contributed by atoms with van der Waals surface area (Å²) in [5.41, 5.74) is 1.18. The highest BCUT2D eigenvalue weighted by Gasteiger charge is 2.22. The molecule has 1 heterocycles. The van der Waals surface area contributed by atoms with Crippen molar-refractivity contribution in [2.24, 2.45) is 0 Å². The van der Waals surface area contributed by atoms with E-state index in [4.69, 9.17) is 28.6 Å². The summed E-state index contributed by atoms with van der Waals surface area (Å²) in [4.78, 5) is 39.1. The molecule has 1 aliphatic heterocycles. The van der Waals surface area contributed by atoms with Crippen molar-refractivity contribution in [3.63, 3.8) is 0 Å². The summed E-state index contributed by atoms with van der Waals surface area (Å²) in [6.07, 6.45) is 0.493. The largest absolute Gasteiger partial charge is 0.487 e. The van der Waals surface area contributed by atoms with Gasteiger partial charge in [0.15, 0.2) is 10.9 Å². The van der Waals surface area contributed by atoms with Crippen LogP contribution in [0.2, 0.25) is 5.02 Å². The van der Waals surface area contributed by atoms with Crippen molar-refractivity contribution in [3.05, 3.63) is 57.1 Å². The van der Waals surface area contributed by atoms with Crippen LogP contribution >= 0.6 is 23.8 Å². The number of hydrogen-bond donors (Lipinski definition) is 2. The SMILES string of the molecule is CCOc1ccc(C(=O)NC(=S)Nc2ccc(N3CCN(C(=O)CC)CC3)c(Cl)c2)cc1[N+](=O)[O-]. The molecule has 1 fully saturated rings. The minimum Gasteiger partial charge on any atom is -0.487 e. The second-order valence-corrected chi connectivity index (χ2v) is 8.48. The number of hydrogen-bond acceptors (Lipinski definition) is 7. The van der Waals surface area contributed by atoms with Crippen LogP contribution in [0.15, 0.2) is 36.4 Å². The molecule has 10 nitrogen and oxygen atoms in total. The van der Waals surface area contributed by atoms with Crippen molar-refractivity contribution < 1.29 is 19.2 Å². The standard InChI is InChI=1S/C23H26ClN5O5S/c1-3-21(30)28-11-9-27(10-12-28)18-7-6-16(14-17(18)24)25-23(35)26-22(31)15-5-8-20(34-4-2)19(13-15)29(32)33/h5-8,13-14H,3-4,9-12H2,1-2H3,(H2,25,26,31,35). The molecule has 12 heteroatoms. The summed E-state index contributed by atoms with van der Waals surface area (Å²) in [6.45, 7) is 6.47. The molecule has 1 saturated heterocycles.